The molecule has 1 atom stereocenters. The van der Waals surface area contributed by atoms with Crippen LogP contribution in [0.15, 0.2) is 18.2 Å². The van der Waals surface area contributed by atoms with E-state index in [0.717, 1.165) is 16.8 Å². The number of rotatable bonds is 9. The predicted octanol–water partition coefficient (Wildman–Crippen LogP) is 5.98. The van der Waals surface area contributed by atoms with Crippen LogP contribution in [0.4, 0.5) is 0 Å². The Kier molecular flexibility index (Phi) is 7.22. The minimum absolute atomic E-state index is 0.347. The highest BCUT2D eigenvalue weighted by atomic mass is 79.9. The van der Waals surface area contributed by atoms with Crippen molar-refractivity contribution in [2.75, 3.05) is 12.1 Å². The maximum Gasteiger partial charge on any atom is 0.231 e. The molecule has 0 saturated carbocycles. The molecule has 0 fully saturated rings. The van der Waals surface area contributed by atoms with Gasteiger partial charge < -0.3 is 9.47 Å². The van der Waals surface area contributed by atoms with Gasteiger partial charge in [-0.15, -0.1) is 0 Å². The molecule has 112 valence electrons. The van der Waals surface area contributed by atoms with Crippen molar-refractivity contribution in [3.63, 3.8) is 0 Å². The van der Waals surface area contributed by atoms with Crippen LogP contribution in [0.1, 0.15) is 55.3 Å². The lowest BCUT2D eigenvalue weighted by molar-refractivity contribution is 0.174. The summed E-state index contributed by atoms with van der Waals surface area (Å²) in [4.78, 5) is 0.416. The number of hydrogen-bond donors (Lipinski definition) is 0. The van der Waals surface area contributed by atoms with Crippen LogP contribution in [0, 0.1) is 0 Å². The maximum atomic E-state index is 5.42. The molecule has 1 aromatic rings. The second-order valence-electron chi connectivity index (χ2n) is 5.18. The van der Waals surface area contributed by atoms with Gasteiger partial charge in [0.05, 0.1) is 0 Å². The van der Waals surface area contributed by atoms with Gasteiger partial charge in [0.1, 0.15) is 0 Å². The molecular weight excluding hydrogens is 384 g/mol. The highest BCUT2D eigenvalue weighted by Crippen LogP contribution is 2.37. The van der Waals surface area contributed by atoms with Crippen LogP contribution in [-0.4, -0.2) is 12.1 Å². The molecule has 2 nitrogen and oxygen atoms in total. The SMILES string of the molecule is BrCCCCCCCCC(Br)c1ccc2c(c1)OCO2. The normalized spacial score (nSPS) is 14.5. The molecule has 20 heavy (non-hydrogen) atoms. The van der Waals surface area contributed by atoms with E-state index in [0.29, 0.717) is 11.6 Å². The van der Waals surface area contributed by atoms with E-state index in [1.165, 1.54) is 50.5 Å². The Morgan fingerprint density at radius 2 is 1.65 bits per heavy atom. The topological polar surface area (TPSA) is 18.5 Å². The van der Waals surface area contributed by atoms with Gasteiger partial charge in [-0.05, 0) is 30.5 Å². The smallest absolute Gasteiger partial charge is 0.231 e. The summed E-state index contributed by atoms with van der Waals surface area (Å²) in [7, 11) is 0. The van der Waals surface area contributed by atoms with Crippen molar-refractivity contribution < 1.29 is 9.47 Å². The lowest BCUT2D eigenvalue weighted by Gasteiger charge is -2.10. The standard InChI is InChI=1S/C16H22Br2O2/c17-10-6-4-2-1-3-5-7-14(18)13-8-9-15-16(11-13)20-12-19-15/h8-9,11,14H,1-7,10,12H2. The summed E-state index contributed by atoms with van der Waals surface area (Å²) in [5.74, 6) is 1.74. The summed E-state index contributed by atoms with van der Waals surface area (Å²) in [5, 5.41) is 1.14. The van der Waals surface area contributed by atoms with E-state index in [1.54, 1.807) is 0 Å². The first-order chi connectivity index (χ1) is 9.81. The number of alkyl halides is 2. The Hall–Kier alpha value is -0.220. The molecular formula is C16H22Br2O2. The fraction of sp³-hybridized carbons (Fsp3) is 0.625. The van der Waals surface area contributed by atoms with E-state index in [2.05, 4.69) is 44.0 Å². The van der Waals surface area contributed by atoms with Gasteiger partial charge in [-0.25, -0.2) is 0 Å². The third-order valence-electron chi connectivity index (χ3n) is 3.60. The van der Waals surface area contributed by atoms with E-state index < -0.39 is 0 Å². The lowest BCUT2D eigenvalue weighted by atomic mass is 10.0. The first kappa shape index (κ1) is 16.2. The summed E-state index contributed by atoms with van der Waals surface area (Å²) in [6, 6.07) is 6.23. The maximum absolute atomic E-state index is 5.42. The number of halogens is 2. The monoisotopic (exact) mass is 404 g/mol. The fourth-order valence-corrected chi connectivity index (χ4v) is 3.40. The van der Waals surface area contributed by atoms with Crippen LogP contribution in [0.5, 0.6) is 11.5 Å². The fourth-order valence-electron chi connectivity index (χ4n) is 2.40. The molecule has 0 N–H and O–H groups in total. The minimum atomic E-state index is 0.347. The zero-order chi connectivity index (χ0) is 14.2. The van der Waals surface area contributed by atoms with Crippen molar-refractivity contribution in [3.05, 3.63) is 23.8 Å². The van der Waals surface area contributed by atoms with Gasteiger partial charge in [0, 0.05) is 10.2 Å². The molecule has 1 aromatic carbocycles. The third-order valence-corrected chi connectivity index (χ3v) is 5.15. The first-order valence-electron chi connectivity index (χ1n) is 7.41. The van der Waals surface area contributed by atoms with Gasteiger partial charge in [0.2, 0.25) is 6.79 Å². The van der Waals surface area contributed by atoms with Gasteiger partial charge in [0.15, 0.2) is 11.5 Å². The Bertz CT molecular complexity index is 409. The molecule has 0 bridgehead atoms. The van der Waals surface area contributed by atoms with Crippen LogP contribution in [0.3, 0.4) is 0 Å². The van der Waals surface area contributed by atoms with Gasteiger partial charge in [-0.1, -0.05) is 70.0 Å². The quantitative estimate of drug-likeness (QED) is 0.371. The first-order valence-corrected chi connectivity index (χ1v) is 9.44. The molecule has 1 heterocycles. The zero-order valence-corrected chi connectivity index (χ0v) is 14.9. The molecule has 0 amide bonds. The lowest BCUT2D eigenvalue weighted by Crippen LogP contribution is -1.93. The largest absolute Gasteiger partial charge is 0.454 e. The van der Waals surface area contributed by atoms with Crippen LogP contribution >= 0.6 is 31.9 Å². The molecule has 0 aliphatic carbocycles. The summed E-state index contributed by atoms with van der Waals surface area (Å²) < 4.78 is 10.8. The third kappa shape index (κ3) is 4.96. The number of hydrogen-bond acceptors (Lipinski definition) is 2. The molecule has 2 rings (SSSR count). The van der Waals surface area contributed by atoms with Crippen molar-refractivity contribution in [2.45, 2.75) is 49.8 Å². The van der Waals surface area contributed by atoms with Gasteiger partial charge in [-0.3, -0.25) is 0 Å². The Morgan fingerprint density at radius 3 is 2.45 bits per heavy atom. The molecule has 1 aliphatic rings. The van der Waals surface area contributed by atoms with Crippen molar-refractivity contribution in [3.8, 4) is 11.5 Å². The second kappa shape index (κ2) is 8.93. The van der Waals surface area contributed by atoms with Crippen molar-refractivity contribution in [2.24, 2.45) is 0 Å². The average molecular weight is 406 g/mol. The number of benzene rings is 1. The minimum Gasteiger partial charge on any atom is -0.454 e. The Balaban J connectivity index is 1.66. The van der Waals surface area contributed by atoms with Crippen LogP contribution in [0.25, 0.3) is 0 Å². The van der Waals surface area contributed by atoms with E-state index >= 15 is 0 Å². The molecule has 1 aliphatic heterocycles. The van der Waals surface area contributed by atoms with Gasteiger partial charge in [-0.2, -0.15) is 0 Å². The molecule has 0 saturated heterocycles. The highest BCUT2D eigenvalue weighted by molar-refractivity contribution is 9.09. The van der Waals surface area contributed by atoms with Gasteiger partial charge in [0.25, 0.3) is 0 Å². The van der Waals surface area contributed by atoms with Crippen LogP contribution < -0.4 is 9.47 Å². The predicted molar refractivity (Wildman–Crippen MR) is 90.3 cm³/mol. The average Bonchev–Trinajstić information content (AvgIpc) is 2.93. The number of unbranched alkanes of at least 4 members (excludes halogenated alkanes) is 5. The summed E-state index contributed by atoms with van der Waals surface area (Å²) >= 11 is 7.26. The van der Waals surface area contributed by atoms with E-state index in [1.807, 2.05) is 6.07 Å². The zero-order valence-electron chi connectivity index (χ0n) is 11.7. The summed E-state index contributed by atoms with van der Waals surface area (Å²) in [6.07, 6.45) is 9.16. The van der Waals surface area contributed by atoms with E-state index in [-0.39, 0.29) is 0 Å². The van der Waals surface area contributed by atoms with Crippen LogP contribution in [0.2, 0.25) is 0 Å². The highest BCUT2D eigenvalue weighted by Gasteiger charge is 2.16. The van der Waals surface area contributed by atoms with Crippen molar-refractivity contribution in [1.82, 2.24) is 0 Å². The van der Waals surface area contributed by atoms with Gasteiger partial charge >= 0.3 is 0 Å². The molecule has 0 aromatic heterocycles. The van der Waals surface area contributed by atoms with E-state index in [9.17, 15) is 0 Å². The Labute approximate surface area is 138 Å². The summed E-state index contributed by atoms with van der Waals surface area (Å²) in [5.41, 5.74) is 1.29. The summed E-state index contributed by atoms with van der Waals surface area (Å²) in [6.45, 7) is 0.347. The number of ether oxygens (including phenoxy) is 2. The van der Waals surface area contributed by atoms with Crippen molar-refractivity contribution in [1.29, 1.82) is 0 Å². The molecule has 0 radical (unpaired) electrons. The second-order valence-corrected chi connectivity index (χ2v) is 7.08. The molecule has 0 spiro atoms. The van der Waals surface area contributed by atoms with E-state index in [4.69, 9.17) is 9.47 Å². The molecule has 1 unspecified atom stereocenters. The number of fused-ring (bicyclic) bond motifs is 1. The van der Waals surface area contributed by atoms with Crippen molar-refractivity contribution >= 4 is 31.9 Å². The molecule has 4 heteroatoms. The van der Waals surface area contributed by atoms with Crippen LogP contribution in [-0.2, 0) is 0 Å². The Morgan fingerprint density at radius 1 is 0.950 bits per heavy atom.